The molecule has 1 fully saturated rings. The van der Waals surface area contributed by atoms with Gasteiger partial charge in [0, 0.05) is 45.3 Å². The molecule has 0 aromatic heterocycles. The first kappa shape index (κ1) is 23.9. The number of hydrogen-bond acceptors (Lipinski definition) is 5. The van der Waals surface area contributed by atoms with Crippen LogP contribution in [0.25, 0.3) is 0 Å². The van der Waals surface area contributed by atoms with Gasteiger partial charge >= 0.3 is 0 Å². The zero-order valence-electron chi connectivity index (χ0n) is 18.5. The average molecular weight is 459 g/mol. The van der Waals surface area contributed by atoms with E-state index in [1.807, 2.05) is 18.2 Å². The molecule has 2 amide bonds. The number of nitrogens with zero attached hydrogens (tertiary/aromatic N) is 2. The van der Waals surface area contributed by atoms with Crippen molar-refractivity contribution in [1.82, 2.24) is 14.5 Å². The van der Waals surface area contributed by atoms with E-state index >= 15 is 0 Å². The maximum atomic E-state index is 12.9. The second kappa shape index (κ2) is 10.7. The van der Waals surface area contributed by atoms with Gasteiger partial charge in [-0.3, -0.25) is 14.5 Å². The topological polar surface area (TPSA) is 98.8 Å². The molecule has 3 rings (SSSR count). The number of carbonyl (C=O) groups is 2. The summed E-state index contributed by atoms with van der Waals surface area (Å²) in [7, 11) is -3.87. The summed E-state index contributed by atoms with van der Waals surface area (Å²) in [5.74, 6) is -0.470. The molecule has 0 aliphatic carbocycles. The largest absolute Gasteiger partial charge is 0.340 e. The summed E-state index contributed by atoms with van der Waals surface area (Å²) in [4.78, 5) is 28.1. The van der Waals surface area contributed by atoms with Gasteiger partial charge in [0.25, 0.3) is 0 Å². The van der Waals surface area contributed by atoms with Crippen molar-refractivity contribution in [2.45, 2.75) is 37.8 Å². The van der Waals surface area contributed by atoms with Crippen molar-refractivity contribution in [3.63, 3.8) is 0 Å². The Morgan fingerprint density at radius 2 is 1.66 bits per heavy atom. The summed E-state index contributed by atoms with van der Waals surface area (Å²) in [5, 5.41) is 2.59. The lowest BCUT2D eigenvalue weighted by atomic mass is 10.2. The van der Waals surface area contributed by atoms with E-state index in [2.05, 4.69) is 27.1 Å². The summed E-state index contributed by atoms with van der Waals surface area (Å²) in [6.07, 6.45) is 0.836. The molecule has 9 heteroatoms. The predicted molar refractivity (Wildman–Crippen MR) is 123 cm³/mol. The Bertz CT molecular complexity index is 1030. The molecule has 2 N–H and O–H groups in total. The van der Waals surface area contributed by atoms with Gasteiger partial charge in [0.2, 0.25) is 21.8 Å². The predicted octanol–water partition coefficient (Wildman–Crippen LogP) is 2.05. The number of hydrogen-bond donors (Lipinski definition) is 2. The van der Waals surface area contributed by atoms with Gasteiger partial charge in [-0.25, -0.2) is 8.42 Å². The molecule has 32 heavy (non-hydrogen) atoms. The third-order valence-corrected chi connectivity index (χ3v) is 6.89. The number of rotatable bonds is 7. The Kier molecular flexibility index (Phi) is 8.00. The van der Waals surface area contributed by atoms with E-state index in [0.717, 1.165) is 26.1 Å². The van der Waals surface area contributed by atoms with Gasteiger partial charge in [-0.15, -0.1) is 0 Å². The monoisotopic (exact) mass is 458 g/mol. The SMILES string of the molecule is CC(=O)Nc1ccc(S(=O)(=O)N[C@@H](C)C(=O)N2CCCN(Cc3ccccc3)CC2)cc1. The van der Waals surface area contributed by atoms with E-state index in [-0.39, 0.29) is 16.7 Å². The van der Waals surface area contributed by atoms with Crippen molar-refractivity contribution < 1.29 is 18.0 Å². The minimum absolute atomic E-state index is 0.0381. The standard InChI is InChI=1S/C23H30N4O4S/c1-18(25-32(30,31)22-11-9-21(10-12-22)24-19(2)28)23(29)27-14-6-13-26(15-16-27)17-20-7-4-3-5-8-20/h3-5,7-12,18,25H,6,13-17H2,1-2H3,(H,24,28)/t18-/m0/s1. The number of benzene rings is 2. The Balaban J connectivity index is 1.56. The molecule has 2 aromatic rings. The van der Waals surface area contributed by atoms with Crippen LogP contribution in [0.2, 0.25) is 0 Å². The first-order valence-electron chi connectivity index (χ1n) is 10.7. The van der Waals surface area contributed by atoms with Crippen LogP contribution in [-0.2, 0) is 26.2 Å². The van der Waals surface area contributed by atoms with Crippen LogP contribution in [0, 0.1) is 0 Å². The quantitative estimate of drug-likeness (QED) is 0.662. The number of nitrogens with one attached hydrogen (secondary N) is 2. The van der Waals surface area contributed by atoms with E-state index in [1.165, 1.54) is 36.8 Å². The van der Waals surface area contributed by atoms with Crippen LogP contribution >= 0.6 is 0 Å². The lowest BCUT2D eigenvalue weighted by molar-refractivity contribution is -0.132. The van der Waals surface area contributed by atoms with Crippen LogP contribution in [-0.4, -0.2) is 62.3 Å². The molecule has 8 nitrogen and oxygen atoms in total. The van der Waals surface area contributed by atoms with Crippen molar-refractivity contribution in [1.29, 1.82) is 0 Å². The number of amides is 2. The van der Waals surface area contributed by atoms with Crippen LogP contribution in [0.1, 0.15) is 25.8 Å². The molecule has 0 unspecified atom stereocenters. The zero-order chi connectivity index (χ0) is 23.1. The van der Waals surface area contributed by atoms with Gasteiger partial charge < -0.3 is 10.2 Å². The van der Waals surface area contributed by atoms with Crippen LogP contribution in [0.4, 0.5) is 5.69 Å². The highest BCUT2D eigenvalue weighted by atomic mass is 32.2. The molecule has 1 aliphatic heterocycles. The Morgan fingerprint density at radius 3 is 2.31 bits per heavy atom. The van der Waals surface area contributed by atoms with E-state index < -0.39 is 16.1 Å². The second-order valence-electron chi connectivity index (χ2n) is 7.99. The third kappa shape index (κ3) is 6.62. The highest BCUT2D eigenvalue weighted by Gasteiger charge is 2.27. The Labute approximate surface area is 189 Å². The summed E-state index contributed by atoms with van der Waals surface area (Å²) in [6, 6.07) is 15.2. The first-order valence-corrected chi connectivity index (χ1v) is 12.2. The van der Waals surface area contributed by atoms with E-state index in [4.69, 9.17) is 0 Å². The lowest BCUT2D eigenvalue weighted by Crippen LogP contribution is -2.47. The molecule has 1 heterocycles. The van der Waals surface area contributed by atoms with E-state index in [0.29, 0.717) is 18.8 Å². The minimum Gasteiger partial charge on any atom is -0.340 e. The Hall–Kier alpha value is -2.75. The molecular weight excluding hydrogens is 428 g/mol. The fraction of sp³-hybridized carbons (Fsp3) is 0.391. The van der Waals surface area contributed by atoms with Gasteiger partial charge in [0.15, 0.2) is 0 Å². The number of carbonyl (C=O) groups excluding carboxylic acids is 2. The maximum Gasteiger partial charge on any atom is 0.241 e. The number of anilines is 1. The molecular formula is C23H30N4O4S. The van der Waals surface area contributed by atoms with Gasteiger partial charge in [0.1, 0.15) is 0 Å². The fourth-order valence-corrected chi connectivity index (χ4v) is 4.93. The van der Waals surface area contributed by atoms with Crippen molar-refractivity contribution in [3.8, 4) is 0 Å². The van der Waals surface area contributed by atoms with Gasteiger partial charge in [-0.1, -0.05) is 30.3 Å². The van der Waals surface area contributed by atoms with Crippen molar-refractivity contribution in [2.24, 2.45) is 0 Å². The molecule has 1 atom stereocenters. The minimum atomic E-state index is -3.87. The average Bonchev–Trinajstić information content (AvgIpc) is 2.99. The van der Waals surface area contributed by atoms with Gasteiger partial charge in [-0.05, 0) is 43.2 Å². The smallest absolute Gasteiger partial charge is 0.241 e. The van der Waals surface area contributed by atoms with Crippen molar-refractivity contribution >= 4 is 27.5 Å². The second-order valence-corrected chi connectivity index (χ2v) is 9.70. The van der Waals surface area contributed by atoms with Crippen molar-refractivity contribution in [2.75, 3.05) is 31.5 Å². The van der Waals surface area contributed by atoms with Crippen molar-refractivity contribution in [3.05, 3.63) is 60.2 Å². The lowest BCUT2D eigenvalue weighted by Gasteiger charge is -2.25. The molecule has 2 aromatic carbocycles. The molecule has 0 bridgehead atoms. The third-order valence-electron chi connectivity index (χ3n) is 5.34. The van der Waals surface area contributed by atoms with Crippen LogP contribution in [0.15, 0.2) is 59.5 Å². The molecule has 0 saturated carbocycles. The summed E-state index contributed by atoms with van der Waals surface area (Å²) < 4.78 is 27.9. The fourth-order valence-electron chi connectivity index (χ4n) is 3.74. The van der Waals surface area contributed by atoms with Crippen LogP contribution < -0.4 is 10.0 Å². The van der Waals surface area contributed by atoms with E-state index in [9.17, 15) is 18.0 Å². The highest BCUT2D eigenvalue weighted by molar-refractivity contribution is 7.89. The maximum absolute atomic E-state index is 12.9. The Morgan fingerprint density at radius 1 is 0.969 bits per heavy atom. The summed E-state index contributed by atoms with van der Waals surface area (Å²) in [5.41, 5.74) is 1.74. The molecule has 172 valence electrons. The molecule has 1 saturated heterocycles. The highest BCUT2D eigenvalue weighted by Crippen LogP contribution is 2.15. The number of sulfonamides is 1. The summed E-state index contributed by atoms with van der Waals surface area (Å²) in [6.45, 7) is 6.57. The molecule has 1 aliphatic rings. The van der Waals surface area contributed by atoms with Crippen LogP contribution in [0.3, 0.4) is 0 Å². The molecule has 0 spiro atoms. The summed E-state index contributed by atoms with van der Waals surface area (Å²) >= 11 is 0. The molecule has 0 radical (unpaired) electrons. The van der Waals surface area contributed by atoms with Gasteiger partial charge in [0.05, 0.1) is 10.9 Å². The van der Waals surface area contributed by atoms with E-state index in [1.54, 1.807) is 11.8 Å². The normalized spacial score (nSPS) is 16.2. The van der Waals surface area contributed by atoms with Gasteiger partial charge in [-0.2, -0.15) is 4.72 Å². The van der Waals surface area contributed by atoms with Crippen LogP contribution in [0.5, 0.6) is 0 Å². The zero-order valence-corrected chi connectivity index (χ0v) is 19.3. The first-order chi connectivity index (χ1) is 15.2.